The molecule has 1 aromatic carbocycles. The summed E-state index contributed by atoms with van der Waals surface area (Å²) in [5, 5.41) is 18.0. The van der Waals surface area contributed by atoms with Gasteiger partial charge in [-0.1, -0.05) is 11.6 Å². The number of benzene rings is 1. The van der Waals surface area contributed by atoms with Crippen LogP contribution in [0, 0.1) is 13.8 Å². The fourth-order valence-corrected chi connectivity index (χ4v) is 2.80. The number of nitrogens with zero attached hydrogens (tertiary/aromatic N) is 4. The Morgan fingerprint density at radius 2 is 2.04 bits per heavy atom. The van der Waals surface area contributed by atoms with Crippen molar-refractivity contribution in [2.45, 2.75) is 33.0 Å². The second-order valence-corrected chi connectivity index (χ2v) is 5.93. The summed E-state index contributed by atoms with van der Waals surface area (Å²) >= 11 is 5.98. The van der Waals surface area contributed by atoms with Crippen LogP contribution in [-0.2, 0) is 17.9 Å². The average molecular weight is 335 g/mol. The van der Waals surface area contributed by atoms with E-state index < -0.39 is 12.0 Å². The number of halogens is 1. The molecule has 120 valence electrons. The quantitative estimate of drug-likeness (QED) is 0.902. The number of aryl methyl sites for hydroxylation is 2. The Balaban J connectivity index is 1.97. The lowest BCUT2D eigenvalue weighted by molar-refractivity contribution is -0.143. The fourth-order valence-electron chi connectivity index (χ4n) is 2.68. The maximum atomic E-state index is 12.8. The van der Waals surface area contributed by atoms with E-state index in [1.165, 1.54) is 4.90 Å². The van der Waals surface area contributed by atoms with E-state index in [9.17, 15) is 14.7 Å². The minimum absolute atomic E-state index is 0.109. The number of carboxylic acids is 1. The smallest absolute Gasteiger partial charge is 0.328 e. The highest BCUT2D eigenvalue weighted by atomic mass is 35.5. The molecular weight excluding hydrogens is 320 g/mol. The molecule has 1 aliphatic heterocycles. The van der Waals surface area contributed by atoms with E-state index in [-0.39, 0.29) is 19.0 Å². The largest absolute Gasteiger partial charge is 0.480 e. The summed E-state index contributed by atoms with van der Waals surface area (Å²) in [7, 11) is 0. The third-order valence-electron chi connectivity index (χ3n) is 4.01. The van der Waals surface area contributed by atoms with Crippen LogP contribution in [0.5, 0.6) is 0 Å². The normalized spacial score (nSPS) is 17.0. The van der Waals surface area contributed by atoms with Gasteiger partial charge in [-0.2, -0.15) is 0 Å². The number of carboxylic acid groups (broad SMARTS) is 1. The first kappa shape index (κ1) is 15.5. The predicted molar refractivity (Wildman–Crippen MR) is 82.2 cm³/mol. The SMILES string of the molecule is Cc1cc(C(=O)N2Cc3nnc(C)n3CC2C(=O)O)ccc1Cl. The Labute approximate surface area is 137 Å². The molecule has 7 nitrogen and oxygen atoms in total. The number of hydrogen-bond donors (Lipinski definition) is 1. The number of carbonyl (C=O) groups is 2. The van der Waals surface area contributed by atoms with Gasteiger partial charge in [0, 0.05) is 10.6 Å². The lowest BCUT2D eigenvalue weighted by Gasteiger charge is -2.33. The van der Waals surface area contributed by atoms with Crippen LogP contribution in [0.3, 0.4) is 0 Å². The van der Waals surface area contributed by atoms with Gasteiger partial charge in [0.2, 0.25) is 0 Å². The van der Waals surface area contributed by atoms with E-state index in [1.807, 2.05) is 0 Å². The topological polar surface area (TPSA) is 88.3 Å². The zero-order valence-corrected chi connectivity index (χ0v) is 13.4. The van der Waals surface area contributed by atoms with Crippen LogP contribution in [0.1, 0.15) is 27.6 Å². The Hall–Kier alpha value is -2.41. The van der Waals surface area contributed by atoms with Gasteiger partial charge in [0.25, 0.3) is 5.91 Å². The highest BCUT2D eigenvalue weighted by Gasteiger charge is 2.36. The van der Waals surface area contributed by atoms with Crippen LogP contribution < -0.4 is 0 Å². The number of rotatable bonds is 2. The number of hydrogen-bond acceptors (Lipinski definition) is 4. The molecule has 0 saturated heterocycles. The molecule has 1 atom stereocenters. The summed E-state index contributed by atoms with van der Waals surface area (Å²) in [4.78, 5) is 25.7. The minimum atomic E-state index is -1.05. The highest BCUT2D eigenvalue weighted by molar-refractivity contribution is 6.31. The zero-order chi connectivity index (χ0) is 16.7. The van der Waals surface area contributed by atoms with Crippen molar-refractivity contribution in [2.75, 3.05) is 0 Å². The zero-order valence-electron chi connectivity index (χ0n) is 12.7. The molecule has 0 fully saturated rings. The van der Waals surface area contributed by atoms with Gasteiger partial charge in [-0.3, -0.25) is 4.79 Å². The molecule has 0 aliphatic carbocycles. The first-order chi connectivity index (χ1) is 10.9. The summed E-state index contributed by atoms with van der Waals surface area (Å²) in [6, 6.07) is 3.94. The van der Waals surface area contributed by atoms with Gasteiger partial charge < -0.3 is 14.6 Å². The molecule has 0 saturated carbocycles. The van der Waals surface area contributed by atoms with Crippen molar-refractivity contribution in [1.82, 2.24) is 19.7 Å². The van der Waals surface area contributed by atoms with Gasteiger partial charge in [0.1, 0.15) is 11.9 Å². The third-order valence-corrected chi connectivity index (χ3v) is 4.43. The molecule has 1 amide bonds. The number of amides is 1. The molecule has 2 heterocycles. The number of fused-ring (bicyclic) bond motifs is 1. The Bertz CT molecular complexity index is 802. The maximum absolute atomic E-state index is 12.8. The monoisotopic (exact) mass is 334 g/mol. The van der Waals surface area contributed by atoms with Crippen molar-refractivity contribution in [3.8, 4) is 0 Å². The molecule has 0 spiro atoms. The van der Waals surface area contributed by atoms with Gasteiger partial charge in [0.15, 0.2) is 5.82 Å². The maximum Gasteiger partial charge on any atom is 0.328 e. The van der Waals surface area contributed by atoms with Crippen LogP contribution in [0.4, 0.5) is 0 Å². The first-order valence-corrected chi connectivity index (χ1v) is 7.45. The summed E-state index contributed by atoms with van der Waals surface area (Å²) in [6.45, 7) is 3.81. The van der Waals surface area contributed by atoms with Crippen molar-refractivity contribution in [3.63, 3.8) is 0 Å². The van der Waals surface area contributed by atoms with Gasteiger partial charge in [0.05, 0.1) is 13.1 Å². The van der Waals surface area contributed by atoms with Gasteiger partial charge >= 0.3 is 5.97 Å². The van der Waals surface area contributed by atoms with Gasteiger partial charge in [-0.05, 0) is 37.6 Å². The standard InChI is InChI=1S/C15H15ClN4O3/c1-8-5-10(3-4-11(8)16)14(21)20-7-13-18-17-9(2)19(13)6-12(20)15(22)23/h3-5,12H,6-7H2,1-2H3,(H,22,23). The van der Waals surface area contributed by atoms with Gasteiger partial charge in [-0.15, -0.1) is 10.2 Å². The van der Waals surface area contributed by atoms with Crippen molar-refractivity contribution in [3.05, 3.63) is 46.0 Å². The van der Waals surface area contributed by atoms with E-state index >= 15 is 0 Å². The molecule has 0 radical (unpaired) electrons. The van der Waals surface area contributed by atoms with Crippen molar-refractivity contribution >= 4 is 23.5 Å². The fraction of sp³-hybridized carbons (Fsp3) is 0.333. The molecule has 0 bridgehead atoms. The summed E-state index contributed by atoms with van der Waals surface area (Å²) in [5.41, 5.74) is 1.17. The molecule has 8 heteroatoms. The van der Waals surface area contributed by atoms with Crippen molar-refractivity contribution in [2.24, 2.45) is 0 Å². The molecule has 1 unspecified atom stereocenters. The van der Waals surface area contributed by atoms with Crippen LogP contribution in [0.15, 0.2) is 18.2 Å². The number of aromatic nitrogens is 3. The van der Waals surface area contributed by atoms with E-state index in [2.05, 4.69) is 10.2 Å². The van der Waals surface area contributed by atoms with Crippen molar-refractivity contribution in [1.29, 1.82) is 0 Å². The minimum Gasteiger partial charge on any atom is -0.480 e. The Kier molecular flexibility index (Phi) is 3.81. The number of carbonyl (C=O) groups excluding carboxylic acids is 1. The summed E-state index contributed by atoms with van der Waals surface area (Å²) in [5.74, 6) is -0.188. The lowest BCUT2D eigenvalue weighted by Crippen LogP contribution is -2.50. The number of aliphatic carboxylic acids is 1. The van der Waals surface area contributed by atoms with Crippen LogP contribution >= 0.6 is 11.6 Å². The molecule has 1 N–H and O–H groups in total. The van der Waals surface area contributed by atoms with Crippen molar-refractivity contribution < 1.29 is 14.7 Å². The summed E-state index contributed by atoms with van der Waals surface area (Å²) in [6.07, 6.45) is 0. The predicted octanol–water partition coefficient (Wildman–Crippen LogP) is 1.66. The van der Waals surface area contributed by atoms with Crippen LogP contribution in [0.25, 0.3) is 0 Å². The second kappa shape index (κ2) is 5.66. The van der Waals surface area contributed by atoms with E-state index in [0.717, 1.165) is 5.56 Å². The van der Waals surface area contributed by atoms with E-state index in [4.69, 9.17) is 11.6 Å². The molecule has 1 aliphatic rings. The van der Waals surface area contributed by atoms with E-state index in [1.54, 1.807) is 36.6 Å². The molecule has 1 aromatic heterocycles. The Morgan fingerprint density at radius 1 is 1.30 bits per heavy atom. The third kappa shape index (κ3) is 2.68. The molecule has 2 aromatic rings. The van der Waals surface area contributed by atoms with Crippen LogP contribution in [-0.4, -0.2) is 42.7 Å². The molecular formula is C15H15ClN4O3. The Morgan fingerprint density at radius 3 is 2.70 bits per heavy atom. The first-order valence-electron chi connectivity index (χ1n) is 7.07. The highest BCUT2D eigenvalue weighted by Crippen LogP contribution is 2.23. The lowest BCUT2D eigenvalue weighted by atomic mass is 10.1. The molecule has 3 rings (SSSR count). The summed E-state index contributed by atoms with van der Waals surface area (Å²) < 4.78 is 1.73. The molecule has 23 heavy (non-hydrogen) atoms. The average Bonchev–Trinajstić information content (AvgIpc) is 2.88. The second-order valence-electron chi connectivity index (χ2n) is 5.53. The van der Waals surface area contributed by atoms with Crippen LogP contribution in [0.2, 0.25) is 5.02 Å². The van der Waals surface area contributed by atoms with Gasteiger partial charge in [-0.25, -0.2) is 4.79 Å². The van der Waals surface area contributed by atoms with E-state index in [0.29, 0.717) is 22.2 Å².